The Labute approximate surface area is 179 Å². The van der Waals surface area contributed by atoms with Crippen LogP contribution in [0.4, 0.5) is 0 Å². The molecule has 1 aliphatic carbocycles. The van der Waals surface area contributed by atoms with Crippen LogP contribution in [0.3, 0.4) is 0 Å². The van der Waals surface area contributed by atoms with Crippen LogP contribution in [-0.4, -0.2) is 51.1 Å². The number of ketones is 2. The molecule has 0 radical (unpaired) electrons. The average Bonchev–Trinajstić information content (AvgIpc) is 2.80. The van der Waals surface area contributed by atoms with Crippen LogP contribution in [0.15, 0.2) is 42.0 Å². The monoisotopic (exact) mass is 426 g/mol. The second kappa shape index (κ2) is 8.91. The number of aliphatic hydroxyl groups is 1. The minimum Gasteiger partial charge on any atom is -0.507 e. The fourth-order valence-corrected chi connectivity index (χ4v) is 3.72. The van der Waals surface area contributed by atoms with Crippen molar-refractivity contribution < 1.29 is 38.4 Å². The lowest BCUT2D eigenvalue weighted by Gasteiger charge is -2.26. The third-order valence-corrected chi connectivity index (χ3v) is 5.19. The summed E-state index contributed by atoms with van der Waals surface area (Å²) >= 11 is 0. The zero-order valence-corrected chi connectivity index (χ0v) is 17.6. The molecule has 0 bridgehead atoms. The van der Waals surface area contributed by atoms with Crippen molar-refractivity contribution in [3.05, 3.63) is 58.7 Å². The van der Waals surface area contributed by atoms with Crippen molar-refractivity contribution in [3.63, 3.8) is 0 Å². The quantitative estimate of drug-likeness (QED) is 0.532. The van der Waals surface area contributed by atoms with Crippen LogP contribution >= 0.6 is 0 Å². The molecule has 1 aliphatic rings. The highest BCUT2D eigenvalue weighted by Crippen LogP contribution is 2.47. The molecule has 0 saturated carbocycles. The van der Waals surface area contributed by atoms with Crippen molar-refractivity contribution in [2.75, 3.05) is 28.4 Å². The lowest BCUT2D eigenvalue weighted by molar-refractivity contribution is -0.140. The second-order valence-electron chi connectivity index (χ2n) is 6.72. The topological polar surface area (TPSA) is 108 Å². The smallest absolute Gasteiger partial charge is 0.306 e. The van der Waals surface area contributed by atoms with Gasteiger partial charge < -0.3 is 24.1 Å². The molecule has 2 aromatic carbocycles. The Morgan fingerprint density at radius 3 is 2.10 bits per heavy atom. The third kappa shape index (κ3) is 3.72. The summed E-state index contributed by atoms with van der Waals surface area (Å²) in [4.78, 5) is 38.0. The van der Waals surface area contributed by atoms with Gasteiger partial charge in [-0.3, -0.25) is 14.4 Å². The van der Waals surface area contributed by atoms with Crippen LogP contribution in [0.1, 0.15) is 33.8 Å². The van der Waals surface area contributed by atoms with Crippen LogP contribution in [0.25, 0.3) is 5.76 Å². The number of fused-ring (bicyclic) bond motifs is 1. The van der Waals surface area contributed by atoms with Gasteiger partial charge in [-0.15, -0.1) is 0 Å². The van der Waals surface area contributed by atoms with Crippen molar-refractivity contribution in [1.82, 2.24) is 0 Å². The van der Waals surface area contributed by atoms with E-state index in [1.807, 2.05) is 0 Å². The zero-order valence-electron chi connectivity index (χ0n) is 17.6. The first-order valence-corrected chi connectivity index (χ1v) is 9.36. The summed E-state index contributed by atoms with van der Waals surface area (Å²) in [6.45, 7) is 0. The summed E-state index contributed by atoms with van der Waals surface area (Å²) in [5, 5.41) is 11.0. The number of hydrogen-bond acceptors (Lipinski definition) is 8. The highest BCUT2D eigenvalue weighted by atomic mass is 16.5. The summed E-state index contributed by atoms with van der Waals surface area (Å²) in [6.07, 6.45) is -0.317. The van der Waals surface area contributed by atoms with E-state index < -0.39 is 23.5 Å². The molecular weight excluding hydrogens is 404 g/mol. The molecule has 0 aromatic heterocycles. The summed E-state index contributed by atoms with van der Waals surface area (Å²) in [7, 11) is 5.48. The van der Waals surface area contributed by atoms with E-state index in [1.165, 1.54) is 40.6 Å². The molecule has 0 spiro atoms. The largest absolute Gasteiger partial charge is 0.507 e. The van der Waals surface area contributed by atoms with Crippen molar-refractivity contribution in [2.24, 2.45) is 0 Å². The molecular formula is C23H22O8. The molecule has 0 fully saturated rings. The molecule has 8 heteroatoms. The van der Waals surface area contributed by atoms with Crippen molar-refractivity contribution >= 4 is 23.3 Å². The maximum absolute atomic E-state index is 13.0. The van der Waals surface area contributed by atoms with Crippen molar-refractivity contribution in [2.45, 2.75) is 12.3 Å². The maximum atomic E-state index is 13.0. The van der Waals surface area contributed by atoms with Gasteiger partial charge in [0.15, 0.2) is 11.5 Å². The summed E-state index contributed by atoms with van der Waals surface area (Å²) in [5.41, 5.74) is 0.466. The lowest BCUT2D eigenvalue weighted by atomic mass is 9.78. The van der Waals surface area contributed by atoms with Gasteiger partial charge in [-0.05, 0) is 6.07 Å². The van der Waals surface area contributed by atoms with Gasteiger partial charge >= 0.3 is 5.97 Å². The molecule has 1 atom stereocenters. The second-order valence-corrected chi connectivity index (χ2v) is 6.72. The summed E-state index contributed by atoms with van der Waals surface area (Å²) in [5.74, 6) is -2.89. The zero-order chi connectivity index (χ0) is 22.7. The van der Waals surface area contributed by atoms with E-state index in [4.69, 9.17) is 18.9 Å². The number of ether oxygens (including phenoxy) is 4. The lowest BCUT2D eigenvalue weighted by Crippen LogP contribution is -2.28. The number of esters is 1. The van der Waals surface area contributed by atoms with E-state index in [0.29, 0.717) is 11.3 Å². The molecule has 2 aromatic rings. The van der Waals surface area contributed by atoms with Crippen LogP contribution in [0, 0.1) is 0 Å². The Bertz CT molecular complexity index is 1080. The molecule has 0 unspecified atom stereocenters. The van der Waals surface area contributed by atoms with Crippen LogP contribution < -0.4 is 14.2 Å². The number of carbonyl (C=O) groups excluding carboxylic acids is 3. The first kappa shape index (κ1) is 21.9. The van der Waals surface area contributed by atoms with E-state index in [9.17, 15) is 19.5 Å². The first-order valence-electron chi connectivity index (χ1n) is 9.36. The molecule has 1 N–H and O–H groups in total. The Morgan fingerprint density at radius 2 is 1.52 bits per heavy atom. The SMILES string of the molecule is COC(=O)C[C@@H](C1=C(O)c2ccccc2C(=O)C1=O)c1ccc(OC)c(OC)c1OC. The van der Waals surface area contributed by atoms with Gasteiger partial charge in [0.25, 0.3) is 0 Å². The maximum Gasteiger partial charge on any atom is 0.306 e. The van der Waals surface area contributed by atoms with E-state index >= 15 is 0 Å². The molecule has 162 valence electrons. The average molecular weight is 426 g/mol. The Morgan fingerprint density at radius 1 is 0.871 bits per heavy atom. The van der Waals surface area contributed by atoms with Crippen molar-refractivity contribution in [3.8, 4) is 17.2 Å². The van der Waals surface area contributed by atoms with E-state index in [0.717, 1.165) is 0 Å². The summed E-state index contributed by atoms with van der Waals surface area (Å²) < 4.78 is 21.0. The molecule has 8 nitrogen and oxygen atoms in total. The van der Waals surface area contributed by atoms with Gasteiger partial charge in [0.05, 0.1) is 40.4 Å². The van der Waals surface area contributed by atoms with Crippen molar-refractivity contribution in [1.29, 1.82) is 0 Å². The number of rotatable bonds is 7. The van der Waals surface area contributed by atoms with Gasteiger partial charge in [0.1, 0.15) is 5.76 Å². The standard InChI is InChI=1S/C23H22O8/c1-28-16-10-9-14(22(30-3)23(16)31-4)15(11-17(24)29-2)18-19(25)12-7-5-6-8-13(12)20(26)21(18)27/h5-10,15,25H,11H2,1-4H3/t15-/m1/s1. The fraction of sp³-hybridized carbons (Fsp3) is 0.261. The number of allylic oxidation sites excluding steroid dienone is 1. The van der Waals surface area contributed by atoms with Gasteiger partial charge in [-0.2, -0.15) is 0 Å². The van der Waals surface area contributed by atoms with Gasteiger partial charge in [0.2, 0.25) is 17.3 Å². The van der Waals surface area contributed by atoms with Gasteiger partial charge in [-0.1, -0.05) is 30.3 Å². The van der Waals surface area contributed by atoms with Gasteiger partial charge in [-0.25, -0.2) is 0 Å². The Kier molecular flexibility index (Phi) is 6.29. The fourth-order valence-electron chi connectivity index (χ4n) is 3.72. The number of aliphatic hydroxyl groups excluding tert-OH is 1. The van der Waals surface area contributed by atoms with Gasteiger partial charge in [0, 0.05) is 22.6 Å². The Balaban J connectivity index is 2.30. The molecule has 0 aliphatic heterocycles. The molecule has 0 amide bonds. The summed E-state index contributed by atoms with van der Waals surface area (Å²) in [6, 6.07) is 9.42. The van der Waals surface area contributed by atoms with Crippen LogP contribution in [0.2, 0.25) is 0 Å². The van der Waals surface area contributed by atoms with E-state index in [-0.39, 0.29) is 40.4 Å². The predicted molar refractivity (Wildman–Crippen MR) is 111 cm³/mol. The molecule has 31 heavy (non-hydrogen) atoms. The van der Waals surface area contributed by atoms with Crippen LogP contribution in [0.5, 0.6) is 17.2 Å². The number of Topliss-reactive ketones (excluding diaryl/α,β-unsaturated/α-hetero) is 2. The number of carbonyl (C=O) groups is 3. The molecule has 0 saturated heterocycles. The van der Waals surface area contributed by atoms with E-state index in [1.54, 1.807) is 24.3 Å². The number of methoxy groups -OCH3 is 4. The minimum absolute atomic E-state index is 0.102. The molecule has 3 rings (SSSR count). The van der Waals surface area contributed by atoms with E-state index in [2.05, 4.69) is 0 Å². The minimum atomic E-state index is -1.04. The first-order chi connectivity index (χ1) is 14.9. The molecule has 0 heterocycles. The highest BCUT2D eigenvalue weighted by Gasteiger charge is 2.40. The normalized spacial score (nSPS) is 14.1. The van der Waals surface area contributed by atoms with Crippen LogP contribution in [-0.2, 0) is 14.3 Å². The number of benzene rings is 2. The Hall–Kier alpha value is -3.81. The third-order valence-electron chi connectivity index (χ3n) is 5.19. The highest BCUT2D eigenvalue weighted by molar-refractivity contribution is 6.52. The number of hydrogen-bond donors (Lipinski definition) is 1. The predicted octanol–water partition coefficient (Wildman–Crippen LogP) is 3.09.